The molecule has 21 heavy (non-hydrogen) atoms. The molecule has 0 unspecified atom stereocenters. The van der Waals surface area contributed by atoms with Crippen molar-refractivity contribution in [2.45, 2.75) is 32.6 Å². The van der Waals surface area contributed by atoms with Crippen molar-refractivity contribution in [2.24, 2.45) is 0 Å². The molecular formula is C16H16BrNO3. The fraction of sp³-hybridized carbons (Fsp3) is 0.375. The van der Waals surface area contributed by atoms with Gasteiger partial charge in [-0.25, -0.2) is 9.78 Å². The molecule has 0 amide bonds. The van der Waals surface area contributed by atoms with E-state index >= 15 is 0 Å². The van der Waals surface area contributed by atoms with E-state index in [1.54, 1.807) is 6.92 Å². The van der Waals surface area contributed by atoms with Crippen LogP contribution in [0.4, 0.5) is 0 Å². The van der Waals surface area contributed by atoms with Gasteiger partial charge in [0.25, 0.3) is 0 Å². The summed E-state index contributed by atoms with van der Waals surface area (Å²) < 4.78 is 11.8. The summed E-state index contributed by atoms with van der Waals surface area (Å²) in [6, 6.07) is 5.84. The number of carbonyl (C=O) groups is 1. The fourth-order valence-corrected chi connectivity index (χ4v) is 2.63. The van der Waals surface area contributed by atoms with E-state index in [-0.39, 0.29) is 5.76 Å². The third-order valence-electron chi connectivity index (χ3n) is 3.58. The summed E-state index contributed by atoms with van der Waals surface area (Å²) in [5.41, 5.74) is 2.67. The fourth-order valence-electron chi connectivity index (χ4n) is 2.26. The van der Waals surface area contributed by atoms with Crippen molar-refractivity contribution in [2.75, 3.05) is 6.61 Å². The van der Waals surface area contributed by atoms with Gasteiger partial charge >= 0.3 is 5.97 Å². The quantitative estimate of drug-likeness (QED) is 0.764. The Morgan fingerprint density at radius 3 is 2.90 bits per heavy atom. The van der Waals surface area contributed by atoms with Crippen LogP contribution in [-0.2, 0) is 4.74 Å². The SMILES string of the molecule is CCOC(=O)c1oc(-c2cccc(Br)c2C)nc1C1CC1. The van der Waals surface area contributed by atoms with E-state index in [9.17, 15) is 4.79 Å². The molecule has 0 aliphatic heterocycles. The van der Waals surface area contributed by atoms with Gasteiger partial charge in [-0.2, -0.15) is 0 Å². The Hall–Kier alpha value is -1.62. The van der Waals surface area contributed by atoms with Gasteiger partial charge in [0.2, 0.25) is 11.7 Å². The zero-order valence-corrected chi connectivity index (χ0v) is 13.6. The first-order valence-corrected chi connectivity index (χ1v) is 7.84. The smallest absolute Gasteiger partial charge is 0.376 e. The topological polar surface area (TPSA) is 52.3 Å². The number of hydrogen-bond acceptors (Lipinski definition) is 4. The van der Waals surface area contributed by atoms with E-state index in [2.05, 4.69) is 20.9 Å². The first-order chi connectivity index (χ1) is 10.1. The van der Waals surface area contributed by atoms with Gasteiger partial charge in [-0.1, -0.05) is 22.0 Å². The van der Waals surface area contributed by atoms with Crippen LogP contribution in [0.3, 0.4) is 0 Å². The lowest BCUT2D eigenvalue weighted by Gasteiger charge is -2.03. The van der Waals surface area contributed by atoms with Crippen LogP contribution >= 0.6 is 15.9 Å². The molecule has 1 aliphatic carbocycles. The van der Waals surface area contributed by atoms with Gasteiger partial charge in [0.05, 0.1) is 12.3 Å². The average Bonchev–Trinajstić information content (AvgIpc) is 3.21. The maximum absolute atomic E-state index is 12.0. The normalized spacial score (nSPS) is 14.2. The molecule has 1 aromatic carbocycles. The van der Waals surface area contributed by atoms with Gasteiger partial charge in [0.15, 0.2) is 0 Å². The Morgan fingerprint density at radius 1 is 1.48 bits per heavy atom. The van der Waals surface area contributed by atoms with E-state index in [0.29, 0.717) is 18.4 Å². The third kappa shape index (κ3) is 2.75. The van der Waals surface area contributed by atoms with E-state index in [4.69, 9.17) is 9.15 Å². The molecule has 0 bridgehead atoms. The van der Waals surface area contributed by atoms with Gasteiger partial charge in [-0.3, -0.25) is 0 Å². The molecule has 1 saturated carbocycles. The zero-order chi connectivity index (χ0) is 15.0. The number of aromatic nitrogens is 1. The zero-order valence-electron chi connectivity index (χ0n) is 12.0. The summed E-state index contributed by atoms with van der Waals surface area (Å²) >= 11 is 3.50. The van der Waals surface area contributed by atoms with Crippen LogP contribution in [0.2, 0.25) is 0 Å². The number of nitrogens with zero attached hydrogens (tertiary/aromatic N) is 1. The van der Waals surface area contributed by atoms with Crippen LogP contribution in [0.15, 0.2) is 27.1 Å². The van der Waals surface area contributed by atoms with E-state index in [1.165, 1.54) is 0 Å². The molecule has 1 aromatic heterocycles. The third-order valence-corrected chi connectivity index (χ3v) is 4.44. The Bertz CT molecular complexity index is 689. The average molecular weight is 350 g/mol. The minimum Gasteiger partial charge on any atom is -0.460 e. The predicted molar refractivity (Wildman–Crippen MR) is 82.3 cm³/mol. The minimum absolute atomic E-state index is 0.258. The Kier molecular flexibility index (Phi) is 3.85. The largest absolute Gasteiger partial charge is 0.460 e. The van der Waals surface area contributed by atoms with Crippen LogP contribution in [0.5, 0.6) is 0 Å². The van der Waals surface area contributed by atoms with Crippen molar-refractivity contribution in [3.8, 4) is 11.5 Å². The summed E-state index contributed by atoms with van der Waals surface area (Å²) in [4.78, 5) is 16.6. The molecule has 1 aliphatic rings. The Morgan fingerprint density at radius 2 is 2.24 bits per heavy atom. The molecule has 110 valence electrons. The number of ether oxygens (including phenoxy) is 1. The highest BCUT2D eigenvalue weighted by molar-refractivity contribution is 9.10. The standard InChI is InChI=1S/C16H16BrNO3/c1-3-20-16(19)14-13(10-7-8-10)18-15(21-14)11-5-4-6-12(17)9(11)2/h4-6,10H,3,7-8H2,1-2H3. The predicted octanol–water partition coefficient (Wildman–Crippen LogP) is 4.47. The number of esters is 1. The van der Waals surface area contributed by atoms with E-state index < -0.39 is 5.97 Å². The molecule has 5 heteroatoms. The second-order valence-electron chi connectivity index (χ2n) is 5.14. The summed E-state index contributed by atoms with van der Waals surface area (Å²) in [6.07, 6.45) is 2.10. The van der Waals surface area contributed by atoms with Gasteiger partial charge in [-0.15, -0.1) is 0 Å². The van der Waals surface area contributed by atoms with Gasteiger partial charge in [0.1, 0.15) is 0 Å². The van der Waals surface area contributed by atoms with Crippen LogP contribution in [0.1, 0.15) is 47.5 Å². The second-order valence-corrected chi connectivity index (χ2v) is 5.99. The maximum Gasteiger partial charge on any atom is 0.376 e. The first kappa shape index (κ1) is 14.3. The lowest BCUT2D eigenvalue weighted by Crippen LogP contribution is -2.05. The highest BCUT2D eigenvalue weighted by Crippen LogP contribution is 2.43. The lowest BCUT2D eigenvalue weighted by molar-refractivity contribution is 0.0489. The molecule has 4 nitrogen and oxygen atoms in total. The molecule has 0 atom stereocenters. The maximum atomic E-state index is 12.0. The number of halogens is 1. The molecular weight excluding hydrogens is 334 g/mol. The van der Waals surface area contributed by atoms with E-state index in [1.807, 2.05) is 25.1 Å². The molecule has 0 N–H and O–H groups in total. The summed E-state index contributed by atoms with van der Waals surface area (Å²) in [5, 5.41) is 0. The van der Waals surface area contributed by atoms with Crippen molar-refractivity contribution in [3.05, 3.63) is 39.7 Å². The summed E-state index contributed by atoms with van der Waals surface area (Å²) in [5.74, 6) is 0.646. The number of rotatable bonds is 4. The van der Waals surface area contributed by atoms with Crippen molar-refractivity contribution < 1.29 is 13.9 Å². The number of oxazole rings is 1. The minimum atomic E-state index is -0.425. The number of hydrogen-bond donors (Lipinski definition) is 0. The van der Waals surface area contributed by atoms with Gasteiger partial charge in [0, 0.05) is 16.0 Å². The molecule has 0 saturated heterocycles. The first-order valence-electron chi connectivity index (χ1n) is 7.05. The molecule has 0 radical (unpaired) electrons. The summed E-state index contributed by atoms with van der Waals surface area (Å²) in [7, 11) is 0. The van der Waals surface area contributed by atoms with Crippen LogP contribution in [0.25, 0.3) is 11.5 Å². The molecule has 2 aromatic rings. The Labute approximate surface area is 131 Å². The van der Waals surface area contributed by atoms with E-state index in [0.717, 1.165) is 34.1 Å². The molecule has 3 rings (SSSR count). The molecule has 0 spiro atoms. The number of carbonyl (C=O) groups excluding carboxylic acids is 1. The molecule has 1 fully saturated rings. The van der Waals surface area contributed by atoms with Crippen LogP contribution < -0.4 is 0 Å². The highest BCUT2D eigenvalue weighted by Gasteiger charge is 2.34. The summed E-state index contributed by atoms with van der Waals surface area (Å²) in [6.45, 7) is 4.10. The second kappa shape index (κ2) is 5.64. The van der Waals surface area contributed by atoms with Crippen LogP contribution in [0, 0.1) is 6.92 Å². The van der Waals surface area contributed by atoms with Crippen molar-refractivity contribution in [3.63, 3.8) is 0 Å². The number of benzene rings is 1. The monoisotopic (exact) mass is 349 g/mol. The highest BCUT2D eigenvalue weighted by atomic mass is 79.9. The van der Waals surface area contributed by atoms with Gasteiger partial charge < -0.3 is 9.15 Å². The molecule has 1 heterocycles. The Balaban J connectivity index is 2.06. The van der Waals surface area contributed by atoms with Crippen LogP contribution in [-0.4, -0.2) is 17.6 Å². The lowest BCUT2D eigenvalue weighted by atomic mass is 10.1. The van der Waals surface area contributed by atoms with Gasteiger partial charge in [-0.05, 0) is 44.4 Å². The van der Waals surface area contributed by atoms with Crippen molar-refractivity contribution in [1.29, 1.82) is 0 Å². The van der Waals surface area contributed by atoms with Crippen molar-refractivity contribution in [1.82, 2.24) is 4.98 Å². The van der Waals surface area contributed by atoms with Crippen molar-refractivity contribution >= 4 is 21.9 Å².